The third-order valence-electron chi connectivity index (χ3n) is 6.33. The molecule has 3 heteroatoms. The first kappa shape index (κ1) is 20.2. The summed E-state index contributed by atoms with van der Waals surface area (Å²) in [6, 6.07) is 3.12. The summed E-state index contributed by atoms with van der Waals surface area (Å²) in [6.45, 7) is 4.45. The molecule has 0 amide bonds. The Kier molecular flexibility index (Phi) is 7.27. The Morgan fingerprint density at radius 3 is 2.08 bits per heavy atom. The molecule has 146 valence electrons. The van der Waals surface area contributed by atoms with Gasteiger partial charge in [0, 0.05) is 2.85 Å². The van der Waals surface area contributed by atoms with Crippen molar-refractivity contribution in [3.63, 3.8) is 0 Å². The molecule has 2 aliphatic rings. The summed E-state index contributed by atoms with van der Waals surface area (Å²) in [5, 5.41) is 0. The van der Waals surface area contributed by atoms with Crippen LogP contribution < -0.4 is 4.74 Å². The van der Waals surface area contributed by atoms with Gasteiger partial charge < -0.3 is 4.74 Å². The zero-order chi connectivity index (χ0) is 17.1. The van der Waals surface area contributed by atoms with Crippen molar-refractivity contribution in [1.29, 1.82) is 0 Å². The van der Waals surface area contributed by atoms with Crippen molar-refractivity contribution in [2.24, 2.45) is 23.7 Å². The van der Waals surface area contributed by atoms with Crippen LogP contribution in [0.2, 0.25) is 0 Å². The van der Waals surface area contributed by atoms with Crippen molar-refractivity contribution in [3.05, 3.63) is 29.3 Å². The summed E-state index contributed by atoms with van der Waals surface area (Å²) in [7, 11) is 0. The Morgan fingerprint density at radius 1 is 0.920 bits per heavy atom. The van der Waals surface area contributed by atoms with Gasteiger partial charge in [0.15, 0.2) is 11.6 Å². The fraction of sp³-hybridized carbons (Fsp3) is 0.727. The Balaban J connectivity index is 0.00000225. The first-order valence-corrected chi connectivity index (χ1v) is 9.62. The van der Waals surface area contributed by atoms with Crippen LogP contribution in [0.3, 0.4) is 0 Å². The van der Waals surface area contributed by atoms with Gasteiger partial charge in [-0.3, -0.25) is 0 Å². The lowest BCUT2D eigenvalue weighted by Gasteiger charge is -2.37. The minimum absolute atomic E-state index is 0. The maximum Gasteiger partial charge on any atom is 0.200 e. The second-order valence-corrected chi connectivity index (χ2v) is 8.12. The van der Waals surface area contributed by atoms with Gasteiger partial charge in [0.05, 0.1) is 6.61 Å². The van der Waals surface area contributed by atoms with E-state index in [4.69, 9.17) is 4.74 Å². The number of aryl methyl sites for hydroxylation is 1. The summed E-state index contributed by atoms with van der Waals surface area (Å²) in [5.41, 5.74) is 0.321. The van der Waals surface area contributed by atoms with Gasteiger partial charge in [0.25, 0.3) is 0 Å². The molecule has 0 unspecified atom stereocenters. The third-order valence-corrected chi connectivity index (χ3v) is 6.33. The number of hydrogen-bond acceptors (Lipinski definition) is 1. The molecule has 2 aliphatic carbocycles. The number of hydrogen-bond donors (Lipinski definition) is 0. The number of benzene rings is 1. The van der Waals surface area contributed by atoms with Crippen LogP contribution >= 0.6 is 0 Å². The first-order chi connectivity index (χ1) is 11.5. The molecule has 0 N–H and O–H groups in total. The van der Waals surface area contributed by atoms with E-state index >= 15 is 0 Å². The highest BCUT2D eigenvalue weighted by molar-refractivity contribution is 5.30. The van der Waals surface area contributed by atoms with Crippen LogP contribution in [0.4, 0.5) is 8.78 Å². The predicted octanol–water partition coefficient (Wildman–Crippen LogP) is 7.41. The van der Waals surface area contributed by atoms with E-state index in [1.54, 1.807) is 19.1 Å². The molecule has 1 aromatic carbocycles. The molecule has 0 spiro atoms. The minimum Gasteiger partial charge on any atom is -0.490 e. The summed E-state index contributed by atoms with van der Waals surface area (Å²) < 4.78 is 33.0. The fourth-order valence-electron chi connectivity index (χ4n) is 4.53. The average molecular weight is 357 g/mol. The molecule has 0 radical (unpaired) electrons. The number of ether oxygens (including phenoxy) is 1. The predicted molar refractivity (Wildman–Crippen MR) is 104 cm³/mol. The lowest BCUT2D eigenvalue weighted by molar-refractivity contribution is 0.124. The van der Waals surface area contributed by atoms with Gasteiger partial charge in [-0.15, -0.1) is 0 Å². The summed E-state index contributed by atoms with van der Waals surface area (Å²) in [6.07, 6.45) is 10.5. The Labute approximate surface area is 155 Å². The quantitative estimate of drug-likeness (QED) is 0.545. The molecular formula is C22H38F2O. The van der Waals surface area contributed by atoms with Gasteiger partial charge in [-0.2, -0.15) is 4.39 Å². The molecule has 2 saturated carbocycles. The molecular weight excluding hydrogens is 318 g/mol. The SMILES string of the molecule is C.Cc1ccc(OCC2CCC(C3CCC(C)CC3)CC2)c(F)c1F.[HH].[HH]. The van der Waals surface area contributed by atoms with Crippen LogP contribution in [-0.4, -0.2) is 6.61 Å². The molecule has 1 aromatic rings. The monoisotopic (exact) mass is 356 g/mol. The molecule has 25 heavy (non-hydrogen) atoms. The van der Waals surface area contributed by atoms with Crippen molar-refractivity contribution in [2.75, 3.05) is 6.61 Å². The lowest BCUT2D eigenvalue weighted by atomic mass is 9.69. The van der Waals surface area contributed by atoms with Gasteiger partial charge in [-0.1, -0.05) is 33.3 Å². The van der Waals surface area contributed by atoms with E-state index in [9.17, 15) is 8.78 Å². The highest BCUT2D eigenvalue weighted by Gasteiger charge is 2.30. The first-order valence-electron chi connectivity index (χ1n) is 9.62. The van der Waals surface area contributed by atoms with Crippen molar-refractivity contribution in [3.8, 4) is 5.75 Å². The smallest absolute Gasteiger partial charge is 0.200 e. The minimum atomic E-state index is -0.847. The van der Waals surface area contributed by atoms with Crippen LogP contribution in [0.15, 0.2) is 12.1 Å². The molecule has 0 heterocycles. The zero-order valence-electron chi connectivity index (χ0n) is 15.0. The normalized spacial score (nSPS) is 29.8. The molecule has 3 rings (SSSR count). The second kappa shape index (κ2) is 9.00. The third kappa shape index (κ3) is 4.95. The van der Waals surface area contributed by atoms with Gasteiger partial charge in [-0.05, 0) is 80.8 Å². The zero-order valence-corrected chi connectivity index (χ0v) is 15.0. The van der Waals surface area contributed by atoms with E-state index in [2.05, 4.69) is 6.92 Å². The molecule has 0 aromatic heterocycles. The van der Waals surface area contributed by atoms with E-state index in [-0.39, 0.29) is 16.0 Å². The van der Waals surface area contributed by atoms with E-state index in [0.29, 0.717) is 18.1 Å². The van der Waals surface area contributed by atoms with E-state index < -0.39 is 11.6 Å². The van der Waals surface area contributed by atoms with Crippen molar-refractivity contribution >= 4 is 0 Å². The van der Waals surface area contributed by atoms with Gasteiger partial charge in [-0.25, -0.2) is 4.39 Å². The van der Waals surface area contributed by atoms with E-state index in [1.807, 2.05) is 0 Å². The lowest BCUT2D eigenvalue weighted by Crippen LogP contribution is -2.27. The van der Waals surface area contributed by atoms with E-state index in [0.717, 1.165) is 30.6 Å². The Morgan fingerprint density at radius 2 is 1.48 bits per heavy atom. The van der Waals surface area contributed by atoms with Crippen LogP contribution in [-0.2, 0) is 0 Å². The standard InChI is InChI=1S/C21H30F2O.CH4.2H2/c1-14-3-8-17(9-4-14)18-10-6-16(7-11-18)13-24-19-12-5-15(2)20(22)21(19)23;;;/h5,12,14,16-18H,3-4,6-11,13H2,1-2H3;1H4;2*1H. The molecule has 0 saturated heterocycles. The number of halogens is 2. The highest BCUT2D eigenvalue weighted by atomic mass is 19.2. The Bertz CT molecular complexity index is 551. The average Bonchev–Trinajstić information content (AvgIpc) is 2.60. The van der Waals surface area contributed by atoms with Gasteiger partial charge in [0.2, 0.25) is 5.82 Å². The number of rotatable bonds is 4. The summed E-state index contributed by atoms with van der Waals surface area (Å²) >= 11 is 0. The summed E-state index contributed by atoms with van der Waals surface area (Å²) in [5.74, 6) is 1.61. The Hall–Kier alpha value is -1.12. The van der Waals surface area contributed by atoms with Crippen LogP contribution in [0.5, 0.6) is 5.75 Å². The van der Waals surface area contributed by atoms with Crippen molar-refractivity contribution in [1.82, 2.24) is 0 Å². The van der Waals surface area contributed by atoms with E-state index in [1.165, 1.54) is 38.5 Å². The van der Waals surface area contributed by atoms with Crippen molar-refractivity contribution < 1.29 is 16.4 Å². The topological polar surface area (TPSA) is 9.23 Å². The second-order valence-electron chi connectivity index (χ2n) is 8.12. The summed E-state index contributed by atoms with van der Waals surface area (Å²) in [4.78, 5) is 0. The van der Waals surface area contributed by atoms with Gasteiger partial charge in [0.1, 0.15) is 0 Å². The van der Waals surface area contributed by atoms with Crippen molar-refractivity contribution in [2.45, 2.75) is 72.6 Å². The maximum absolute atomic E-state index is 13.9. The largest absolute Gasteiger partial charge is 0.490 e. The molecule has 0 atom stereocenters. The fourth-order valence-corrected chi connectivity index (χ4v) is 4.53. The van der Waals surface area contributed by atoms with Crippen LogP contribution in [0.25, 0.3) is 0 Å². The van der Waals surface area contributed by atoms with Crippen LogP contribution in [0.1, 0.15) is 74.1 Å². The maximum atomic E-state index is 13.9. The molecule has 1 nitrogen and oxygen atoms in total. The molecule has 0 bridgehead atoms. The van der Waals surface area contributed by atoms with Crippen LogP contribution in [0, 0.1) is 42.2 Å². The molecule has 2 fully saturated rings. The highest BCUT2D eigenvalue weighted by Crippen LogP contribution is 2.41. The van der Waals surface area contributed by atoms with Gasteiger partial charge >= 0.3 is 0 Å². The molecule has 0 aliphatic heterocycles.